The fourth-order valence-electron chi connectivity index (χ4n) is 3.26. The number of likely N-dealkylation sites (N-methyl/N-ethyl adjacent to an activating group) is 1. The molecule has 4 nitrogen and oxygen atoms in total. The lowest BCUT2D eigenvalue weighted by atomic mass is 10.1. The van der Waals surface area contributed by atoms with Crippen molar-refractivity contribution in [2.75, 3.05) is 27.2 Å². The number of nitrogens with zero attached hydrogens (tertiary/aromatic N) is 2. The second kappa shape index (κ2) is 10.6. The summed E-state index contributed by atoms with van der Waals surface area (Å²) in [6, 6.07) is 16.2. The number of halogens is 1. The molecule has 0 saturated heterocycles. The largest absolute Gasteiger partial charge is 0.350 e. The Morgan fingerprint density at radius 3 is 2.25 bits per heavy atom. The molecule has 1 atom stereocenters. The summed E-state index contributed by atoms with van der Waals surface area (Å²) in [5.74, 6) is -0.0679. The lowest BCUT2D eigenvalue weighted by Gasteiger charge is -2.26. The molecule has 5 heteroatoms. The molecular weight excluding hydrogens is 370 g/mol. The average Bonchev–Trinajstić information content (AvgIpc) is 2.67. The third kappa shape index (κ3) is 6.06. The van der Waals surface area contributed by atoms with Crippen molar-refractivity contribution in [1.29, 1.82) is 0 Å². The predicted octanol–water partition coefficient (Wildman–Crippen LogP) is 4.60. The first kappa shape index (κ1) is 22.4. The summed E-state index contributed by atoms with van der Waals surface area (Å²) < 4.78 is 0. The molecule has 0 spiro atoms. The lowest BCUT2D eigenvalue weighted by molar-refractivity contribution is 0.0942. The minimum Gasteiger partial charge on any atom is -0.350 e. The van der Waals surface area contributed by atoms with Crippen LogP contribution in [-0.2, 0) is 6.54 Å². The Labute approximate surface area is 174 Å². The van der Waals surface area contributed by atoms with Gasteiger partial charge in [0, 0.05) is 29.7 Å². The van der Waals surface area contributed by atoms with E-state index in [1.165, 1.54) is 5.56 Å². The zero-order valence-corrected chi connectivity index (χ0v) is 18.3. The van der Waals surface area contributed by atoms with Crippen LogP contribution in [0.5, 0.6) is 0 Å². The molecule has 0 aliphatic heterocycles. The SMILES string of the molecule is CCN(Cc1ccc(C(=O)NCC(c2ccccc2Cl)N(C)C)cc1)C(C)C. The van der Waals surface area contributed by atoms with Crippen LogP contribution in [0.3, 0.4) is 0 Å². The Morgan fingerprint density at radius 1 is 1.07 bits per heavy atom. The number of carbonyl (C=O) groups excluding carboxylic acids is 1. The van der Waals surface area contributed by atoms with Gasteiger partial charge in [0.15, 0.2) is 0 Å². The molecule has 152 valence electrons. The van der Waals surface area contributed by atoms with E-state index in [-0.39, 0.29) is 11.9 Å². The highest BCUT2D eigenvalue weighted by atomic mass is 35.5. The summed E-state index contributed by atoms with van der Waals surface area (Å²) in [6.07, 6.45) is 0. The van der Waals surface area contributed by atoms with Gasteiger partial charge in [-0.2, -0.15) is 0 Å². The monoisotopic (exact) mass is 401 g/mol. The van der Waals surface area contributed by atoms with Crippen LogP contribution in [-0.4, -0.2) is 48.9 Å². The molecule has 2 rings (SSSR count). The number of rotatable bonds is 9. The van der Waals surface area contributed by atoms with Crippen molar-refractivity contribution in [3.63, 3.8) is 0 Å². The average molecular weight is 402 g/mol. The Balaban J connectivity index is 2.01. The maximum atomic E-state index is 12.6. The van der Waals surface area contributed by atoms with Gasteiger partial charge in [0.05, 0.1) is 6.04 Å². The Hall–Kier alpha value is -1.88. The number of amides is 1. The number of hydrogen-bond donors (Lipinski definition) is 1. The third-order valence-corrected chi connectivity index (χ3v) is 5.43. The van der Waals surface area contributed by atoms with Crippen LogP contribution in [0.15, 0.2) is 48.5 Å². The van der Waals surface area contributed by atoms with E-state index in [0.29, 0.717) is 23.2 Å². The van der Waals surface area contributed by atoms with Crippen molar-refractivity contribution >= 4 is 17.5 Å². The van der Waals surface area contributed by atoms with Crippen molar-refractivity contribution in [2.45, 2.75) is 39.4 Å². The van der Waals surface area contributed by atoms with Crippen LogP contribution in [0.2, 0.25) is 5.02 Å². The molecule has 0 radical (unpaired) electrons. The quantitative estimate of drug-likeness (QED) is 0.666. The maximum Gasteiger partial charge on any atom is 0.251 e. The summed E-state index contributed by atoms with van der Waals surface area (Å²) in [4.78, 5) is 17.1. The molecule has 0 fully saturated rings. The number of benzene rings is 2. The van der Waals surface area contributed by atoms with Crippen molar-refractivity contribution in [1.82, 2.24) is 15.1 Å². The molecule has 0 aliphatic rings. The summed E-state index contributed by atoms with van der Waals surface area (Å²) in [6.45, 7) is 8.96. The van der Waals surface area contributed by atoms with E-state index < -0.39 is 0 Å². The van der Waals surface area contributed by atoms with Gasteiger partial charge < -0.3 is 10.2 Å². The van der Waals surface area contributed by atoms with Crippen LogP contribution < -0.4 is 5.32 Å². The van der Waals surface area contributed by atoms with Gasteiger partial charge in [0.25, 0.3) is 5.91 Å². The second-order valence-corrected chi connectivity index (χ2v) is 7.97. The van der Waals surface area contributed by atoms with Gasteiger partial charge in [0.1, 0.15) is 0 Å². The lowest BCUT2D eigenvalue weighted by Crippen LogP contribution is -2.34. The second-order valence-electron chi connectivity index (χ2n) is 7.56. The van der Waals surface area contributed by atoms with Crippen LogP contribution in [0, 0.1) is 0 Å². The zero-order valence-electron chi connectivity index (χ0n) is 17.6. The van der Waals surface area contributed by atoms with Crippen molar-refractivity contribution in [3.05, 3.63) is 70.2 Å². The van der Waals surface area contributed by atoms with Crippen LogP contribution in [0.25, 0.3) is 0 Å². The van der Waals surface area contributed by atoms with Gasteiger partial charge in [-0.1, -0.05) is 48.9 Å². The first-order valence-electron chi connectivity index (χ1n) is 9.85. The zero-order chi connectivity index (χ0) is 20.7. The first-order chi connectivity index (χ1) is 13.3. The van der Waals surface area contributed by atoms with E-state index in [4.69, 9.17) is 11.6 Å². The molecule has 28 heavy (non-hydrogen) atoms. The summed E-state index contributed by atoms with van der Waals surface area (Å²) >= 11 is 6.35. The molecule has 1 N–H and O–H groups in total. The normalized spacial score (nSPS) is 12.6. The van der Waals surface area contributed by atoms with Gasteiger partial charge in [-0.05, 0) is 63.8 Å². The van der Waals surface area contributed by atoms with E-state index in [0.717, 1.165) is 18.7 Å². The Bertz CT molecular complexity index is 759. The molecular formula is C23H32ClN3O. The smallest absolute Gasteiger partial charge is 0.251 e. The van der Waals surface area contributed by atoms with Gasteiger partial charge in [-0.15, -0.1) is 0 Å². The van der Waals surface area contributed by atoms with Crippen molar-refractivity contribution in [2.24, 2.45) is 0 Å². The fraction of sp³-hybridized carbons (Fsp3) is 0.435. The van der Waals surface area contributed by atoms with Gasteiger partial charge >= 0.3 is 0 Å². The van der Waals surface area contributed by atoms with Crippen LogP contribution >= 0.6 is 11.6 Å². The highest BCUT2D eigenvalue weighted by molar-refractivity contribution is 6.31. The fourth-order valence-corrected chi connectivity index (χ4v) is 3.52. The minimum absolute atomic E-state index is 0.0149. The summed E-state index contributed by atoms with van der Waals surface area (Å²) in [5.41, 5.74) is 2.90. The number of hydrogen-bond acceptors (Lipinski definition) is 3. The van der Waals surface area contributed by atoms with Gasteiger partial charge in [-0.3, -0.25) is 9.69 Å². The molecule has 0 saturated carbocycles. The number of carbonyl (C=O) groups is 1. The predicted molar refractivity (Wildman–Crippen MR) is 118 cm³/mol. The molecule has 1 unspecified atom stereocenters. The summed E-state index contributed by atoms with van der Waals surface area (Å²) in [5, 5.41) is 3.76. The van der Waals surface area contributed by atoms with Crippen molar-refractivity contribution < 1.29 is 4.79 Å². The van der Waals surface area contributed by atoms with E-state index in [1.54, 1.807) is 0 Å². The molecule has 0 aromatic heterocycles. The Morgan fingerprint density at radius 2 is 1.71 bits per heavy atom. The standard InChI is InChI=1S/C23H32ClN3O/c1-6-27(17(2)3)16-18-11-13-19(14-12-18)23(28)25-15-22(26(4)5)20-9-7-8-10-21(20)24/h7-14,17,22H,6,15-16H2,1-5H3,(H,25,28). The number of nitrogens with one attached hydrogen (secondary N) is 1. The van der Waals surface area contributed by atoms with E-state index in [1.807, 2.05) is 62.6 Å². The topological polar surface area (TPSA) is 35.6 Å². The van der Waals surface area contributed by atoms with E-state index in [9.17, 15) is 4.79 Å². The molecule has 1 amide bonds. The highest BCUT2D eigenvalue weighted by Gasteiger charge is 2.18. The molecule has 0 heterocycles. The molecule has 0 bridgehead atoms. The molecule has 0 aliphatic carbocycles. The van der Waals surface area contributed by atoms with E-state index >= 15 is 0 Å². The third-order valence-electron chi connectivity index (χ3n) is 5.08. The van der Waals surface area contributed by atoms with Crippen LogP contribution in [0.4, 0.5) is 0 Å². The van der Waals surface area contributed by atoms with Crippen molar-refractivity contribution in [3.8, 4) is 0 Å². The van der Waals surface area contributed by atoms with Gasteiger partial charge in [-0.25, -0.2) is 0 Å². The minimum atomic E-state index is -0.0679. The first-order valence-corrected chi connectivity index (χ1v) is 10.2. The highest BCUT2D eigenvalue weighted by Crippen LogP contribution is 2.25. The van der Waals surface area contributed by atoms with Crippen LogP contribution in [0.1, 0.15) is 48.3 Å². The molecule has 2 aromatic carbocycles. The van der Waals surface area contributed by atoms with Gasteiger partial charge in [0.2, 0.25) is 0 Å². The maximum absolute atomic E-state index is 12.6. The molecule has 2 aromatic rings. The Kier molecular flexibility index (Phi) is 8.49. The summed E-state index contributed by atoms with van der Waals surface area (Å²) in [7, 11) is 3.98. The van der Waals surface area contributed by atoms with E-state index in [2.05, 4.69) is 35.9 Å².